The summed E-state index contributed by atoms with van der Waals surface area (Å²) < 4.78 is 0. The van der Waals surface area contributed by atoms with Gasteiger partial charge in [-0.1, -0.05) is 6.07 Å². The molecule has 0 amide bonds. The van der Waals surface area contributed by atoms with Gasteiger partial charge in [0.2, 0.25) is 0 Å². The molecule has 3 aliphatic rings. The Labute approximate surface area is 125 Å². The molecule has 1 saturated heterocycles. The van der Waals surface area contributed by atoms with Crippen LogP contribution in [0.3, 0.4) is 0 Å². The van der Waals surface area contributed by atoms with Crippen LogP contribution < -0.4 is 0 Å². The van der Waals surface area contributed by atoms with Crippen LogP contribution in [0.2, 0.25) is 0 Å². The van der Waals surface area contributed by atoms with Gasteiger partial charge in [-0.3, -0.25) is 0 Å². The number of benzene rings is 1. The fourth-order valence-electron chi connectivity index (χ4n) is 5.35. The maximum atomic E-state index is 10.6. The largest absolute Gasteiger partial charge is 0.504 e. The van der Waals surface area contributed by atoms with E-state index in [4.69, 9.17) is 0 Å². The first kappa shape index (κ1) is 13.4. The van der Waals surface area contributed by atoms with E-state index in [1.165, 1.54) is 0 Å². The first-order valence-corrected chi connectivity index (χ1v) is 7.97. The highest BCUT2D eigenvalue weighted by Crippen LogP contribution is 2.58. The van der Waals surface area contributed by atoms with Crippen molar-refractivity contribution in [2.45, 2.75) is 49.7 Å². The molecule has 3 N–H and O–H groups in total. The molecule has 4 heteroatoms. The lowest BCUT2D eigenvalue weighted by Gasteiger charge is -2.59. The van der Waals surface area contributed by atoms with E-state index in [0.717, 1.165) is 49.8 Å². The summed E-state index contributed by atoms with van der Waals surface area (Å²) >= 11 is 0. The van der Waals surface area contributed by atoms with Crippen LogP contribution in [0.4, 0.5) is 0 Å². The SMILES string of the molecule is CN1CC[C@]23CCC[C@@H](O)[C@H]2[C@@H]1Cc1ccc(O)c(O)c13. The average Bonchev–Trinajstić information content (AvgIpc) is 2.47. The molecule has 0 radical (unpaired) electrons. The number of hydrogen-bond acceptors (Lipinski definition) is 4. The molecule has 2 bridgehead atoms. The number of likely N-dealkylation sites (N-methyl/N-ethyl adjacent to an activating group) is 1. The van der Waals surface area contributed by atoms with E-state index in [2.05, 4.69) is 11.9 Å². The maximum Gasteiger partial charge on any atom is 0.161 e. The van der Waals surface area contributed by atoms with Crippen LogP contribution in [-0.4, -0.2) is 46.0 Å². The fourth-order valence-corrected chi connectivity index (χ4v) is 5.35. The molecular formula is C17H23NO3. The number of hydrogen-bond donors (Lipinski definition) is 3. The van der Waals surface area contributed by atoms with E-state index in [1.807, 2.05) is 6.07 Å². The number of phenols is 2. The number of nitrogens with zero attached hydrogens (tertiary/aromatic N) is 1. The molecule has 1 aromatic carbocycles. The molecule has 4 nitrogen and oxygen atoms in total. The van der Waals surface area contributed by atoms with Crippen molar-refractivity contribution in [3.8, 4) is 11.5 Å². The van der Waals surface area contributed by atoms with Gasteiger partial charge >= 0.3 is 0 Å². The molecule has 4 atom stereocenters. The Morgan fingerprint density at radius 1 is 1.24 bits per heavy atom. The van der Waals surface area contributed by atoms with Crippen LogP contribution in [0.25, 0.3) is 0 Å². The van der Waals surface area contributed by atoms with Crippen molar-refractivity contribution in [2.24, 2.45) is 5.92 Å². The Bertz CT molecular complexity index is 588. The second-order valence-corrected chi connectivity index (χ2v) is 7.11. The quantitative estimate of drug-likeness (QED) is 0.637. The molecule has 1 saturated carbocycles. The third-order valence-electron chi connectivity index (χ3n) is 6.24. The Morgan fingerprint density at radius 2 is 2.05 bits per heavy atom. The molecule has 1 aromatic rings. The van der Waals surface area contributed by atoms with Gasteiger partial charge in [0.25, 0.3) is 0 Å². The van der Waals surface area contributed by atoms with E-state index in [1.54, 1.807) is 6.07 Å². The van der Waals surface area contributed by atoms with Crippen molar-refractivity contribution in [1.82, 2.24) is 4.90 Å². The van der Waals surface area contributed by atoms with Gasteiger partial charge < -0.3 is 20.2 Å². The van der Waals surface area contributed by atoms with Crippen molar-refractivity contribution in [3.05, 3.63) is 23.3 Å². The monoisotopic (exact) mass is 289 g/mol. The van der Waals surface area contributed by atoms with Gasteiger partial charge in [0.15, 0.2) is 11.5 Å². The lowest BCUT2D eigenvalue weighted by molar-refractivity contribution is -0.0754. The molecule has 2 aliphatic carbocycles. The topological polar surface area (TPSA) is 63.9 Å². The number of piperidine rings is 1. The van der Waals surface area contributed by atoms with Crippen LogP contribution in [-0.2, 0) is 11.8 Å². The summed E-state index contributed by atoms with van der Waals surface area (Å²) in [6.45, 7) is 0.989. The summed E-state index contributed by atoms with van der Waals surface area (Å²) in [6.07, 6.45) is 4.34. The predicted molar refractivity (Wildman–Crippen MR) is 79.5 cm³/mol. The minimum atomic E-state index is -0.304. The first-order valence-electron chi connectivity index (χ1n) is 7.97. The number of aliphatic hydroxyl groups excluding tert-OH is 1. The summed E-state index contributed by atoms with van der Waals surface area (Å²) in [5.41, 5.74) is 1.91. The highest BCUT2D eigenvalue weighted by molar-refractivity contribution is 5.56. The van der Waals surface area contributed by atoms with Crippen LogP contribution in [0, 0.1) is 5.92 Å². The number of rotatable bonds is 0. The third-order valence-corrected chi connectivity index (χ3v) is 6.24. The third kappa shape index (κ3) is 1.63. The second-order valence-electron chi connectivity index (χ2n) is 7.11. The molecule has 1 heterocycles. The van der Waals surface area contributed by atoms with Gasteiger partial charge in [-0.25, -0.2) is 0 Å². The molecule has 21 heavy (non-hydrogen) atoms. The van der Waals surface area contributed by atoms with Crippen LogP contribution in [0.1, 0.15) is 36.8 Å². The van der Waals surface area contributed by atoms with Crippen molar-refractivity contribution >= 4 is 0 Å². The molecule has 0 spiro atoms. The van der Waals surface area contributed by atoms with Crippen molar-refractivity contribution < 1.29 is 15.3 Å². The Morgan fingerprint density at radius 3 is 2.86 bits per heavy atom. The molecule has 114 valence electrons. The van der Waals surface area contributed by atoms with E-state index in [0.29, 0.717) is 6.04 Å². The Kier molecular flexibility index (Phi) is 2.79. The van der Waals surface area contributed by atoms with Gasteiger partial charge in [-0.2, -0.15) is 0 Å². The summed E-state index contributed by atoms with van der Waals surface area (Å²) in [4.78, 5) is 2.37. The Balaban J connectivity index is 1.96. The van der Waals surface area contributed by atoms with Crippen LogP contribution in [0.5, 0.6) is 11.5 Å². The van der Waals surface area contributed by atoms with Gasteiger partial charge in [0.1, 0.15) is 0 Å². The summed E-state index contributed by atoms with van der Waals surface area (Å²) in [7, 11) is 2.14. The number of fused-ring (bicyclic) bond motifs is 1. The normalized spacial score (nSPS) is 38.7. The number of likely N-dealkylation sites (tertiary alicyclic amines) is 1. The highest BCUT2D eigenvalue weighted by atomic mass is 16.3. The predicted octanol–water partition coefficient (Wildman–Crippen LogP) is 1.76. The van der Waals surface area contributed by atoms with Gasteiger partial charge in [-0.15, -0.1) is 0 Å². The number of aromatic hydroxyl groups is 2. The minimum absolute atomic E-state index is 0.0284. The molecule has 2 fully saturated rings. The first-order chi connectivity index (χ1) is 10.0. The molecule has 0 unspecified atom stereocenters. The molecule has 4 rings (SSSR count). The zero-order chi connectivity index (χ0) is 14.8. The lowest BCUT2D eigenvalue weighted by Crippen LogP contribution is -2.63. The van der Waals surface area contributed by atoms with Gasteiger partial charge in [0.05, 0.1) is 6.10 Å². The molecular weight excluding hydrogens is 266 g/mol. The van der Waals surface area contributed by atoms with Crippen molar-refractivity contribution in [1.29, 1.82) is 0 Å². The fraction of sp³-hybridized carbons (Fsp3) is 0.647. The van der Waals surface area contributed by atoms with E-state index >= 15 is 0 Å². The summed E-state index contributed by atoms with van der Waals surface area (Å²) in [6, 6.07) is 3.89. The van der Waals surface area contributed by atoms with Crippen molar-refractivity contribution in [2.75, 3.05) is 13.6 Å². The summed E-state index contributed by atoms with van der Waals surface area (Å²) in [5, 5.41) is 31.1. The number of phenolic OH excluding ortho intramolecular Hbond substituents is 2. The van der Waals surface area contributed by atoms with E-state index in [9.17, 15) is 15.3 Å². The lowest BCUT2D eigenvalue weighted by atomic mass is 9.51. The second kappa shape index (κ2) is 4.37. The average molecular weight is 289 g/mol. The number of aliphatic hydroxyl groups is 1. The molecule has 0 aromatic heterocycles. The summed E-state index contributed by atoms with van der Waals surface area (Å²) in [5.74, 6) is 0.194. The van der Waals surface area contributed by atoms with Gasteiger partial charge in [-0.05, 0) is 57.3 Å². The van der Waals surface area contributed by atoms with Crippen LogP contribution >= 0.6 is 0 Å². The molecule has 1 aliphatic heterocycles. The minimum Gasteiger partial charge on any atom is -0.504 e. The zero-order valence-electron chi connectivity index (χ0n) is 12.4. The smallest absolute Gasteiger partial charge is 0.161 e. The maximum absolute atomic E-state index is 10.6. The van der Waals surface area contributed by atoms with E-state index in [-0.39, 0.29) is 28.9 Å². The Hall–Kier alpha value is -1.26. The van der Waals surface area contributed by atoms with Gasteiger partial charge in [0, 0.05) is 22.9 Å². The van der Waals surface area contributed by atoms with Crippen molar-refractivity contribution in [3.63, 3.8) is 0 Å². The standard InChI is InChI=1S/C17H23NO3/c1-18-8-7-17-6-2-3-12(19)15(17)11(18)9-10-4-5-13(20)16(21)14(10)17/h4-5,11-12,15,19-21H,2-3,6-9H2,1H3/t11-,12+,15+,17-/m0/s1. The van der Waals surface area contributed by atoms with E-state index < -0.39 is 0 Å². The van der Waals surface area contributed by atoms with Crippen LogP contribution in [0.15, 0.2) is 12.1 Å². The highest BCUT2D eigenvalue weighted by Gasteiger charge is 2.57. The zero-order valence-corrected chi connectivity index (χ0v) is 12.4.